The molecule has 3 N–H and O–H groups in total. The smallest absolute Gasteiger partial charge is 0.310 e. The fraction of sp³-hybridized carbons (Fsp3) is 0.552. The molecule has 4 heterocycles. The summed E-state index contributed by atoms with van der Waals surface area (Å²) in [5.74, 6) is -1.02. The van der Waals surface area contributed by atoms with Crippen molar-refractivity contribution in [3.8, 4) is 28.7 Å². The molecule has 1 aliphatic carbocycles. The second kappa shape index (κ2) is 10.4. The zero-order valence-corrected chi connectivity index (χ0v) is 23.1. The molecular formula is C29H32O13. The van der Waals surface area contributed by atoms with E-state index in [9.17, 15) is 20.1 Å². The van der Waals surface area contributed by atoms with Gasteiger partial charge in [0.05, 0.1) is 39.5 Å². The van der Waals surface area contributed by atoms with E-state index in [-0.39, 0.29) is 37.3 Å². The molecule has 0 radical (unpaired) electrons. The van der Waals surface area contributed by atoms with Gasteiger partial charge < -0.3 is 58.0 Å². The van der Waals surface area contributed by atoms with Crippen molar-refractivity contribution in [2.75, 3.05) is 34.2 Å². The van der Waals surface area contributed by atoms with Gasteiger partial charge in [-0.1, -0.05) is 0 Å². The van der Waals surface area contributed by atoms with Gasteiger partial charge in [0, 0.05) is 11.8 Å². The molecule has 0 amide bonds. The Kier molecular flexibility index (Phi) is 6.83. The van der Waals surface area contributed by atoms with Crippen molar-refractivity contribution in [3.05, 3.63) is 41.0 Å². The van der Waals surface area contributed by atoms with Gasteiger partial charge >= 0.3 is 5.97 Å². The van der Waals surface area contributed by atoms with E-state index in [0.29, 0.717) is 28.2 Å². The molecule has 13 heteroatoms. The van der Waals surface area contributed by atoms with Crippen LogP contribution in [0.1, 0.15) is 35.6 Å². The van der Waals surface area contributed by atoms with Gasteiger partial charge in [0.2, 0.25) is 12.5 Å². The van der Waals surface area contributed by atoms with Crippen LogP contribution in [-0.4, -0.2) is 92.5 Å². The Balaban J connectivity index is 1.32. The number of hydrogen-bond donors (Lipinski definition) is 3. The highest BCUT2D eigenvalue weighted by molar-refractivity contribution is 5.79. The number of carbonyl (C=O) groups is 1. The number of phenols is 1. The molecule has 3 saturated heterocycles. The van der Waals surface area contributed by atoms with E-state index in [1.807, 2.05) is 0 Å². The first-order valence-corrected chi connectivity index (χ1v) is 13.8. The number of methoxy groups -OCH3 is 2. The molecular weight excluding hydrogens is 556 g/mol. The second-order valence-corrected chi connectivity index (χ2v) is 11.0. The van der Waals surface area contributed by atoms with Gasteiger partial charge in [-0.05, 0) is 47.9 Å². The zero-order chi connectivity index (χ0) is 29.3. The van der Waals surface area contributed by atoms with Crippen LogP contribution in [0.4, 0.5) is 0 Å². The molecule has 0 aromatic heterocycles. The number of esters is 1. The molecule has 0 spiro atoms. The molecule has 0 bridgehead atoms. The van der Waals surface area contributed by atoms with Crippen molar-refractivity contribution in [1.82, 2.24) is 0 Å². The Morgan fingerprint density at radius 3 is 2.26 bits per heavy atom. The zero-order valence-electron chi connectivity index (χ0n) is 23.1. The Morgan fingerprint density at radius 1 is 0.881 bits per heavy atom. The maximum absolute atomic E-state index is 13.4. The average molecular weight is 589 g/mol. The largest absolute Gasteiger partial charge is 0.502 e. The molecule has 5 aliphatic rings. The molecule has 42 heavy (non-hydrogen) atoms. The minimum atomic E-state index is -1.44. The van der Waals surface area contributed by atoms with Crippen molar-refractivity contribution >= 4 is 5.97 Å². The molecule has 4 aliphatic heterocycles. The van der Waals surface area contributed by atoms with Crippen LogP contribution in [0.5, 0.6) is 28.7 Å². The van der Waals surface area contributed by atoms with Gasteiger partial charge in [-0.3, -0.25) is 4.79 Å². The van der Waals surface area contributed by atoms with Gasteiger partial charge in [-0.25, -0.2) is 0 Å². The van der Waals surface area contributed by atoms with E-state index < -0.39 is 66.8 Å². The van der Waals surface area contributed by atoms with Crippen molar-refractivity contribution < 1.29 is 62.7 Å². The predicted molar refractivity (Wildman–Crippen MR) is 138 cm³/mol. The topological polar surface area (TPSA) is 161 Å². The minimum Gasteiger partial charge on any atom is -0.502 e. The highest BCUT2D eigenvalue weighted by Gasteiger charge is 2.56. The van der Waals surface area contributed by atoms with Crippen LogP contribution in [0.15, 0.2) is 24.3 Å². The highest BCUT2D eigenvalue weighted by atomic mass is 16.8. The summed E-state index contributed by atoms with van der Waals surface area (Å²) in [6, 6.07) is 6.93. The van der Waals surface area contributed by atoms with Crippen LogP contribution < -0.4 is 18.9 Å². The number of hydrogen-bond acceptors (Lipinski definition) is 13. The molecule has 13 nitrogen and oxygen atoms in total. The Labute approximate surface area is 240 Å². The van der Waals surface area contributed by atoms with E-state index in [1.165, 1.54) is 14.2 Å². The monoisotopic (exact) mass is 588 g/mol. The van der Waals surface area contributed by atoms with Crippen LogP contribution in [0.25, 0.3) is 0 Å². The van der Waals surface area contributed by atoms with Gasteiger partial charge in [-0.2, -0.15) is 0 Å². The van der Waals surface area contributed by atoms with E-state index in [2.05, 4.69) is 0 Å². The van der Waals surface area contributed by atoms with Crippen LogP contribution in [0.3, 0.4) is 0 Å². The summed E-state index contributed by atoms with van der Waals surface area (Å²) in [6.45, 7) is 1.93. The van der Waals surface area contributed by atoms with Crippen LogP contribution in [0, 0.1) is 11.8 Å². The fourth-order valence-electron chi connectivity index (χ4n) is 6.74. The lowest BCUT2D eigenvalue weighted by atomic mass is 9.66. The number of rotatable bonds is 5. The number of aromatic hydroxyl groups is 1. The van der Waals surface area contributed by atoms with Crippen molar-refractivity contribution in [3.63, 3.8) is 0 Å². The first kappa shape index (κ1) is 27.5. The number of phenolic OH excluding ortho intramolecular Hbond substituents is 1. The molecule has 7 rings (SSSR count). The lowest BCUT2D eigenvalue weighted by molar-refractivity contribution is -0.364. The Hall–Kier alpha value is -3.33. The van der Waals surface area contributed by atoms with E-state index in [0.717, 1.165) is 0 Å². The predicted octanol–water partition coefficient (Wildman–Crippen LogP) is 1.34. The lowest BCUT2D eigenvalue weighted by Gasteiger charge is -2.47. The molecule has 10 atom stereocenters. The summed E-state index contributed by atoms with van der Waals surface area (Å²) < 4.78 is 51.5. The number of fused-ring (bicyclic) bond motifs is 4. The quantitative estimate of drug-likeness (QED) is 0.430. The van der Waals surface area contributed by atoms with Crippen LogP contribution >= 0.6 is 0 Å². The SMILES string of the molecule is COc1cc(C2c3cc4c(cc3C(O[C@H]3O[C@@H]5COC(C)O[C@H]5C(O)C3O)[C@@H]3COC(=O)[C@H]23)OCO4)cc(OC)c1O. The molecule has 5 unspecified atom stereocenters. The lowest BCUT2D eigenvalue weighted by Crippen LogP contribution is -2.63. The number of ether oxygens (including phenoxy) is 9. The van der Waals surface area contributed by atoms with Gasteiger partial charge in [0.25, 0.3) is 0 Å². The Bertz CT molecular complexity index is 1350. The summed E-state index contributed by atoms with van der Waals surface area (Å²) in [6.07, 6.45) is -6.80. The Morgan fingerprint density at radius 2 is 1.57 bits per heavy atom. The average Bonchev–Trinajstić information content (AvgIpc) is 3.61. The standard InChI is InChI=1S/C29H32O13/c1-11-36-9-20-27(40-11)24(31)25(32)29(41-20)42-26-14-7-17-16(38-10-39-17)6-13(14)21(22-15(26)8-37-28(22)33)12-4-18(34-2)23(30)19(5-12)35-3/h4-7,11,15,20-22,24-27,29-32H,8-10H2,1-3H3/t11?,15-,20-,21?,22+,24?,25?,26?,27-,29-/m1/s1. The molecule has 2 aromatic carbocycles. The fourth-order valence-corrected chi connectivity index (χ4v) is 6.74. The first-order valence-electron chi connectivity index (χ1n) is 13.8. The van der Waals surface area contributed by atoms with Crippen molar-refractivity contribution in [2.24, 2.45) is 11.8 Å². The number of aliphatic hydroxyl groups excluding tert-OH is 2. The van der Waals surface area contributed by atoms with E-state index >= 15 is 0 Å². The third kappa shape index (κ3) is 4.26. The molecule has 0 saturated carbocycles. The summed E-state index contributed by atoms with van der Waals surface area (Å²) >= 11 is 0. The second-order valence-electron chi connectivity index (χ2n) is 11.0. The summed E-state index contributed by atoms with van der Waals surface area (Å²) in [5, 5.41) is 32.5. The van der Waals surface area contributed by atoms with Crippen molar-refractivity contribution in [1.29, 1.82) is 0 Å². The van der Waals surface area contributed by atoms with Gasteiger partial charge in [0.15, 0.2) is 35.6 Å². The highest BCUT2D eigenvalue weighted by Crippen LogP contribution is 2.57. The summed E-state index contributed by atoms with van der Waals surface area (Å²) in [4.78, 5) is 13.4. The minimum absolute atomic E-state index is 0.0301. The third-order valence-electron chi connectivity index (χ3n) is 8.75. The van der Waals surface area contributed by atoms with Gasteiger partial charge in [-0.15, -0.1) is 0 Å². The van der Waals surface area contributed by atoms with Crippen molar-refractivity contribution in [2.45, 2.75) is 55.9 Å². The van der Waals surface area contributed by atoms with Crippen LogP contribution in [-0.2, 0) is 28.5 Å². The number of carbonyl (C=O) groups excluding carboxylic acids is 1. The molecule has 2 aromatic rings. The third-order valence-corrected chi connectivity index (χ3v) is 8.75. The number of benzene rings is 2. The van der Waals surface area contributed by atoms with Crippen LogP contribution in [0.2, 0.25) is 0 Å². The van der Waals surface area contributed by atoms with Gasteiger partial charge in [0.1, 0.15) is 24.4 Å². The van der Waals surface area contributed by atoms with E-state index in [1.54, 1.807) is 31.2 Å². The van der Waals surface area contributed by atoms with E-state index in [4.69, 9.17) is 42.6 Å². The summed E-state index contributed by atoms with van der Waals surface area (Å²) in [7, 11) is 2.86. The number of aliphatic hydroxyl groups is 2. The molecule has 3 fully saturated rings. The maximum Gasteiger partial charge on any atom is 0.310 e. The summed E-state index contributed by atoms with van der Waals surface area (Å²) in [5.41, 5.74) is 2.01. The molecule has 226 valence electrons. The first-order chi connectivity index (χ1) is 20.3. The number of cyclic esters (lactones) is 1. The maximum atomic E-state index is 13.4. The normalized spacial score (nSPS) is 36.5.